The average molecular weight is 486 g/mol. The number of fused-ring (bicyclic) bond motifs is 1. The number of hydrogen-bond acceptors (Lipinski definition) is 6. The van der Waals surface area contributed by atoms with Crippen LogP contribution in [0.1, 0.15) is 68.7 Å². The van der Waals surface area contributed by atoms with Gasteiger partial charge in [-0.05, 0) is 57.6 Å². The third-order valence-corrected chi connectivity index (χ3v) is 6.54. The van der Waals surface area contributed by atoms with Crippen molar-refractivity contribution in [1.29, 1.82) is 0 Å². The lowest BCUT2D eigenvalue weighted by atomic mass is 9.96. The van der Waals surface area contributed by atoms with Crippen molar-refractivity contribution in [2.45, 2.75) is 71.6 Å². The van der Waals surface area contributed by atoms with Crippen molar-refractivity contribution < 1.29 is 19.1 Å². The number of esters is 1. The van der Waals surface area contributed by atoms with Gasteiger partial charge in [0.1, 0.15) is 17.5 Å². The van der Waals surface area contributed by atoms with Crippen LogP contribution >= 0.6 is 11.6 Å². The summed E-state index contributed by atoms with van der Waals surface area (Å²) < 4.78 is 11.0. The van der Waals surface area contributed by atoms with Gasteiger partial charge in [-0.1, -0.05) is 30.7 Å². The first-order valence-corrected chi connectivity index (χ1v) is 12.3. The highest BCUT2D eigenvalue weighted by Crippen LogP contribution is 2.33. The number of hydrogen-bond donors (Lipinski definition) is 0. The molecule has 182 valence electrons. The standard InChI is InChI=1S/C26H32ClN3O4/c1-5-21(25(32)34-26(2,3)4)30-15-18-7-6-17(13-19(18)24(30)31)23-20(27)14-28-22(29-23)12-16-8-10-33-11-9-16/h6-7,13-14,16,21H,5,8-12,15H2,1-4H3/t21-/m1/s1. The maximum absolute atomic E-state index is 13.3. The van der Waals surface area contributed by atoms with E-state index in [9.17, 15) is 9.59 Å². The van der Waals surface area contributed by atoms with Gasteiger partial charge in [0.05, 0.1) is 10.7 Å². The predicted octanol–water partition coefficient (Wildman–Crippen LogP) is 4.84. The van der Waals surface area contributed by atoms with Crippen LogP contribution in [0, 0.1) is 5.92 Å². The lowest BCUT2D eigenvalue weighted by Crippen LogP contribution is -2.44. The Morgan fingerprint density at radius 1 is 1.29 bits per heavy atom. The number of nitrogens with zero attached hydrogens (tertiary/aromatic N) is 3. The second-order valence-corrected chi connectivity index (χ2v) is 10.4. The van der Waals surface area contributed by atoms with Gasteiger partial charge in [0, 0.05) is 43.5 Å². The highest BCUT2D eigenvalue weighted by atomic mass is 35.5. The summed E-state index contributed by atoms with van der Waals surface area (Å²) in [6.07, 6.45) is 4.89. The fourth-order valence-corrected chi connectivity index (χ4v) is 4.72. The van der Waals surface area contributed by atoms with Crippen LogP contribution in [0.4, 0.5) is 0 Å². The fourth-order valence-electron chi connectivity index (χ4n) is 4.52. The molecule has 8 heteroatoms. The number of rotatable bonds is 6. The van der Waals surface area contributed by atoms with E-state index >= 15 is 0 Å². The van der Waals surface area contributed by atoms with Crippen molar-refractivity contribution in [2.75, 3.05) is 13.2 Å². The zero-order valence-electron chi connectivity index (χ0n) is 20.3. The summed E-state index contributed by atoms with van der Waals surface area (Å²) in [4.78, 5) is 36.8. The minimum atomic E-state index is -0.628. The van der Waals surface area contributed by atoms with Gasteiger partial charge < -0.3 is 14.4 Å². The summed E-state index contributed by atoms with van der Waals surface area (Å²) in [5.41, 5.74) is 2.22. The van der Waals surface area contributed by atoms with E-state index in [0.29, 0.717) is 35.2 Å². The third kappa shape index (κ3) is 5.41. The minimum absolute atomic E-state index is 0.179. The molecule has 7 nitrogen and oxygen atoms in total. The first-order chi connectivity index (χ1) is 16.2. The van der Waals surface area contributed by atoms with Crippen LogP contribution in [0.3, 0.4) is 0 Å². The molecule has 34 heavy (non-hydrogen) atoms. The number of aromatic nitrogens is 2. The van der Waals surface area contributed by atoms with Gasteiger partial charge in [0.25, 0.3) is 5.91 Å². The highest BCUT2D eigenvalue weighted by molar-refractivity contribution is 6.32. The molecule has 3 heterocycles. The van der Waals surface area contributed by atoms with E-state index in [1.807, 2.05) is 45.9 Å². The van der Waals surface area contributed by atoms with Gasteiger partial charge in [0.2, 0.25) is 0 Å². The number of carbonyl (C=O) groups is 2. The molecule has 1 atom stereocenters. The number of ether oxygens (including phenoxy) is 2. The van der Waals surface area contributed by atoms with Gasteiger partial charge in [-0.25, -0.2) is 14.8 Å². The van der Waals surface area contributed by atoms with E-state index in [-0.39, 0.29) is 11.9 Å². The molecule has 1 aromatic heterocycles. The maximum atomic E-state index is 13.3. The van der Waals surface area contributed by atoms with Crippen LogP contribution in [0.15, 0.2) is 24.4 Å². The lowest BCUT2D eigenvalue weighted by Gasteiger charge is -2.29. The Labute approximate surface area is 205 Å². The maximum Gasteiger partial charge on any atom is 0.329 e. The molecule has 0 radical (unpaired) electrons. The smallest absolute Gasteiger partial charge is 0.329 e. The van der Waals surface area contributed by atoms with Crippen LogP contribution in [0.5, 0.6) is 0 Å². The molecular formula is C26H32ClN3O4. The van der Waals surface area contributed by atoms with Gasteiger partial charge in [-0.15, -0.1) is 0 Å². The van der Waals surface area contributed by atoms with Gasteiger partial charge in [-0.2, -0.15) is 0 Å². The Morgan fingerprint density at radius 3 is 2.71 bits per heavy atom. The van der Waals surface area contributed by atoms with Crippen LogP contribution < -0.4 is 0 Å². The minimum Gasteiger partial charge on any atom is -0.458 e. The van der Waals surface area contributed by atoms with Crippen LogP contribution in [0.2, 0.25) is 5.02 Å². The first-order valence-electron chi connectivity index (χ1n) is 11.9. The van der Waals surface area contributed by atoms with Crippen molar-refractivity contribution >= 4 is 23.5 Å². The first kappa shape index (κ1) is 24.6. The third-order valence-electron chi connectivity index (χ3n) is 6.26. The Hall–Kier alpha value is -2.51. The van der Waals surface area contributed by atoms with E-state index in [1.54, 1.807) is 11.1 Å². The van der Waals surface area contributed by atoms with Crippen molar-refractivity contribution in [2.24, 2.45) is 5.92 Å². The molecule has 0 unspecified atom stereocenters. The normalized spacial score (nSPS) is 17.6. The summed E-state index contributed by atoms with van der Waals surface area (Å²) >= 11 is 6.46. The lowest BCUT2D eigenvalue weighted by molar-refractivity contribution is -0.160. The molecule has 0 bridgehead atoms. The Kier molecular flexibility index (Phi) is 7.24. The summed E-state index contributed by atoms with van der Waals surface area (Å²) in [6, 6.07) is 5.04. The van der Waals surface area contributed by atoms with E-state index in [0.717, 1.165) is 49.4 Å². The van der Waals surface area contributed by atoms with Crippen LogP contribution in [0.25, 0.3) is 11.3 Å². The van der Waals surface area contributed by atoms with E-state index in [2.05, 4.69) is 4.98 Å². The zero-order chi connectivity index (χ0) is 24.5. The van der Waals surface area contributed by atoms with Gasteiger partial charge in [-0.3, -0.25) is 4.79 Å². The molecule has 0 saturated carbocycles. The molecule has 0 aliphatic carbocycles. The quantitative estimate of drug-likeness (QED) is 0.544. The number of carbonyl (C=O) groups excluding carboxylic acids is 2. The molecule has 4 rings (SSSR count). The number of halogens is 1. The largest absolute Gasteiger partial charge is 0.458 e. The number of benzene rings is 1. The van der Waals surface area contributed by atoms with Gasteiger partial charge >= 0.3 is 5.97 Å². The van der Waals surface area contributed by atoms with Crippen molar-refractivity contribution in [3.05, 3.63) is 46.4 Å². The molecule has 1 amide bonds. The van der Waals surface area contributed by atoms with E-state index < -0.39 is 11.6 Å². The average Bonchev–Trinajstić information content (AvgIpc) is 3.11. The SMILES string of the molecule is CC[C@H](C(=O)OC(C)(C)C)N1Cc2ccc(-c3nc(CC4CCOCC4)ncc3Cl)cc2C1=O. The summed E-state index contributed by atoms with van der Waals surface area (Å²) in [5.74, 6) is 0.683. The molecule has 1 fully saturated rings. The Bertz CT molecular complexity index is 1080. The molecule has 1 saturated heterocycles. The monoisotopic (exact) mass is 485 g/mol. The zero-order valence-corrected chi connectivity index (χ0v) is 21.0. The summed E-state index contributed by atoms with van der Waals surface area (Å²) in [5, 5.41) is 0.443. The molecule has 0 N–H and O–H groups in total. The molecule has 0 spiro atoms. The second kappa shape index (κ2) is 10.0. The van der Waals surface area contributed by atoms with E-state index in [1.165, 1.54) is 0 Å². The number of amides is 1. The second-order valence-electron chi connectivity index (χ2n) is 10.0. The topological polar surface area (TPSA) is 81.6 Å². The van der Waals surface area contributed by atoms with Crippen LogP contribution in [-0.4, -0.2) is 51.6 Å². The molecular weight excluding hydrogens is 454 g/mol. The molecule has 2 aliphatic rings. The van der Waals surface area contributed by atoms with Crippen molar-refractivity contribution in [3.8, 4) is 11.3 Å². The molecule has 1 aromatic carbocycles. The summed E-state index contributed by atoms with van der Waals surface area (Å²) in [7, 11) is 0. The Balaban J connectivity index is 1.56. The molecule has 2 aliphatic heterocycles. The fraction of sp³-hybridized carbons (Fsp3) is 0.538. The van der Waals surface area contributed by atoms with Gasteiger partial charge in [0.15, 0.2) is 0 Å². The van der Waals surface area contributed by atoms with Crippen LogP contribution in [-0.2, 0) is 27.2 Å². The predicted molar refractivity (Wildman–Crippen MR) is 130 cm³/mol. The van der Waals surface area contributed by atoms with Crippen molar-refractivity contribution in [3.63, 3.8) is 0 Å². The molecule has 2 aromatic rings. The van der Waals surface area contributed by atoms with Crippen molar-refractivity contribution in [1.82, 2.24) is 14.9 Å². The summed E-state index contributed by atoms with van der Waals surface area (Å²) in [6.45, 7) is 9.29. The Morgan fingerprint density at radius 2 is 2.03 bits per heavy atom. The van der Waals surface area contributed by atoms with E-state index in [4.69, 9.17) is 26.1 Å². The highest BCUT2D eigenvalue weighted by Gasteiger charge is 2.37.